The number of H-pyrrole nitrogens is 1. The minimum absolute atomic E-state index is 0.00140. The highest BCUT2D eigenvalue weighted by molar-refractivity contribution is 5.81. The summed E-state index contributed by atoms with van der Waals surface area (Å²) >= 11 is 0. The zero-order valence-electron chi connectivity index (χ0n) is 14.0. The Morgan fingerprint density at radius 2 is 1.83 bits per heavy atom. The molecule has 0 aliphatic heterocycles. The van der Waals surface area contributed by atoms with Crippen LogP contribution < -0.4 is 11.4 Å². The van der Waals surface area contributed by atoms with E-state index in [-0.39, 0.29) is 29.4 Å². The Bertz CT molecular complexity index is 914. The molecule has 6 nitrogen and oxygen atoms in total. The smallest absolute Gasteiger partial charge is 0.299 e. The monoisotopic (exact) mass is 327 g/mol. The van der Waals surface area contributed by atoms with Crippen LogP contribution in [0.5, 0.6) is 0 Å². The summed E-state index contributed by atoms with van der Waals surface area (Å²) in [4.78, 5) is 36.1. The van der Waals surface area contributed by atoms with Gasteiger partial charge in [0.25, 0.3) is 0 Å². The highest BCUT2D eigenvalue weighted by Gasteiger charge is 2.27. The first-order chi connectivity index (χ1) is 11.4. The van der Waals surface area contributed by atoms with Crippen molar-refractivity contribution in [2.45, 2.75) is 32.2 Å². The summed E-state index contributed by atoms with van der Waals surface area (Å²) in [6.07, 6.45) is 4.29. The van der Waals surface area contributed by atoms with E-state index in [0.717, 1.165) is 15.7 Å². The third kappa shape index (κ3) is 2.68. The predicted octanol–water partition coefficient (Wildman–Crippen LogP) is 1.73. The Labute approximate surface area is 139 Å². The Morgan fingerprint density at radius 3 is 2.42 bits per heavy atom. The number of allylic oxidation sites excluding steroid dienone is 2. The molecule has 0 spiro atoms. The molecule has 0 saturated carbocycles. The highest BCUT2D eigenvalue weighted by Crippen LogP contribution is 2.36. The van der Waals surface area contributed by atoms with Crippen molar-refractivity contribution in [3.63, 3.8) is 0 Å². The number of rotatable bonds is 4. The number of nitrogens with zero attached hydrogens (tertiary/aromatic N) is 2. The van der Waals surface area contributed by atoms with Crippen molar-refractivity contribution in [3.8, 4) is 0 Å². The molecule has 1 aliphatic carbocycles. The number of hydrogen-bond donors (Lipinski definition) is 1. The molecule has 24 heavy (non-hydrogen) atoms. The van der Waals surface area contributed by atoms with Gasteiger partial charge in [0, 0.05) is 25.3 Å². The summed E-state index contributed by atoms with van der Waals surface area (Å²) in [5.41, 5.74) is 1.13. The molecule has 0 fully saturated rings. The van der Waals surface area contributed by atoms with Crippen LogP contribution in [0.1, 0.15) is 43.4 Å². The van der Waals surface area contributed by atoms with Crippen LogP contribution in [0.3, 0.4) is 0 Å². The summed E-state index contributed by atoms with van der Waals surface area (Å²) < 4.78 is 2.38. The summed E-state index contributed by atoms with van der Waals surface area (Å²) in [6.45, 7) is 3.80. The number of fused-ring (bicyclic) bond motifs is 1. The lowest BCUT2D eigenvalue weighted by molar-refractivity contribution is -0.122. The maximum atomic E-state index is 12.3. The summed E-state index contributed by atoms with van der Waals surface area (Å²) in [7, 11) is 1.44. The fourth-order valence-electron chi connectivity index (χ4n) is 3.08. The van der Waals surface area contributed by atoms with E-state index in [2.05, 4.69) is 5.10 Å². The van der Waals surface area contributed by atoms with E-state index in [4.69, 9.17) is 0 Å². The maximum absolute atomic E-state index is 12.3. The van der Waals surface area contributed by atoms with Crippen molar-refractivity contribution < 1.29 is 4.79 Å². The van der Waals surface area contributed by atoms with Gasteiger partial charge in [-0.15, -0.1) is 0 Å². The van der Waals surface area contributed by atoms with Gasteiger partial charge in [0.2, 0.25) is 0 Å². The summed E-state index contributed by atoms with van der Waals surface area (Å²) in [6, 6.07) is 7.38. The van der Waals surface area contributed by atoms with Crippen LogP contribution in [0.25, 0.3) is 0 Å². The van der Waals surface area contributed by atoms with Gasteiger partial charge in [0.05, 0.1) is 6.04 Å². The largest absolute Gasteiger partial charge is 0.347 e. The van der Waals surface area contributed by atoms with E-state index >= 15 is 0 Å². The van der Waals surface area contributed by atoms with Crippen molar-refractivity contribution in [1.29, 1.82) is 0 Å². The number of nitrogens with one attached hydrogen (secondary N) is 1. The van der Waals surface area contributed by atoms with Gasteiger partial charge in [-0.05, 0) is 11.1 Å². The highest BCUT2D eigenvalue weighted by atomic mass is 16.2. The lowest BCUT2D eigenvalue weighted by atomic mass is 9.81. The van der Waals surface area contributed by atoms with Crippen LogP contribution in [-0.4, -0.2) is 20.1 Å². The van der Waals surface area contributed by atoms with Crippen LogP contribution >= 0.6 is 0 Å². The lowest BCUT2D eigenvalue weighted by Crippen LogP contribution is -2.29. The summed E-state index contributed by atoms with van der Waals surface area (Å²) in [5.74, 6) is 0.207. The first-order valence-electron chi connectivity index (χ1n) is 8.07. The van der Waals surface area contributed by atoms with Crippen molar-refractivity contribution in [2.24, 2.45) is 13.0 Å². The number of aromatic nitrogens is 3. The third-order valence-corrected chi connectivity index (χ3v) is 4.60. The standard InChI is InChI=1S/C18H21N3O3/c1-11(2)16(22)10-12-8-9-15(14-7-5-4-6-13(12)14)21-18(24)20(3)17(23)19-21/h4-9,11-12,15H,10H2,1-3H3,(H,19,23)/t12-,15-/m1/s1. The minimum Gasteiger partial charge on any atom is -0.299 e. The first-order valence-corrected chi connectivity index (χ1v) is 8.07. The number of benzene rings is 1. The Hall–Kier alpha value is -2.63. The van der Waals surface area contributed by atoms with Crippen molar-refractivity contribution in [3.05, 3.63) is 68.5 Å². The van der Waals surface area contributed by atoms with Crippen molar-refractivity contribution >= 4 is 5.78 Å². The fourth-order valence-corrected chi connectivity index (χ4v) is 3.08. The molecule has 0 bridgehead atoms. The van der Waals surface area contributed by atoms with Gasteiger partial charge < -0.3 is 0 Å². The SMILES string of the molecule is CC(C)C(=O)C[C@H]1C=C[C@@H](n2[nH]c(=O)n(C)c2=O)c2ccccc21. The molecule has 2 aromatic rings. The van der Waals surface area contributed by atoms with Crippen LogP contribution in [0.2, 0.25) is 0 Å². The first kappa shape index (κ1) is 16.2. The average Bonchev–Trinajstić information content (AvgIpc) is 2.82. The number of Topliss-reactive ketones (excluding diaryl/α,β-unsaturated/α-hetero) is 1. The van der Waals surface area contributed by atoms with Crippen LogP contribution in [0.4, 0.5) is 0 Å². The maximum Gasteiger partial charge on any atom is 0.347 e. The average molecular weight is 327 g/mol. The van der Waals surface area contributed by atoms with Gasteiger partial charge in [0.15, 0.2) is 0 Å². The van der Waals surface area contributed by atoms with Crippen molar-refractivity contribution in [2.75, 3.05) is 0 Å². The molecule has 126 valence electrons. The van der Waals surface area contributed by atoms with Crippen LogP contribution in [0.15, 0.2) is 46.0 Å². The molecular formula is C18H21N3O3. The zero-order valence-corrected chi connectivity index (χ0v) is 14.0. The van der Waals surface area contributed by atoms with Crippen molar-refractivity contribution in [1.82, 2.24) is 14.3 Å². The second-order valence-electron chi connectivity index (χ2n) is 6.52. The molecule has 1 heterocycles. The van der Waals surface area contributed by atoms with E-state index in [0.29, 0.717) is 6.42 Å². The van der Waals surface area contributed by atoms with E-state index in [1.54, 1.807) is 0 Å². The molecule has 1 aromatic heterocycles. The normalized spacial score (nSPS) is 19.5. The number of ketones is 1. The minimum atomic E-state index is -0.442. The molecule has 3 rings (SSSR count). The van der Waals surface area contributed by atoms with Gasteiger partial charge in [-0.3, -0.25) is 4.79 Å². The molecule has 1 aromatic carbocycles. The fraction of sp³-hybridized carbons (Fsp3) is 0.389. The number of aromatic amines is 1. The molecule has 0 saturated heterocycles. The van der Waals surface area contributed by atoms with E-state index in [1.807, 2.05) is 50.3 Å². The van der Waals surface area contributed by atoms with E-state index < -0.39 is 5.69 Å². The topological polar surface area (TPSA) is 76.9 Å². The van der Waals surface area contributed by atoms with Gasteiger partial charge in [0.1, 0.15) is 5.78 Å². The van der Waals surface area contributed by atoms with Crippen LogP contribution in [0, 0.1) is 5.92 Å². The van der Waals surface area contributed by atoms with Gasteiger partial charge >= 0.3 is 11.4 Å². The summed E-state index contributed by atoms with van der Waals surface area (Å²) in [5, 5.41) is 2.59. The van der Waals surface area contributed by atoms with E-state index in [9.17, 15) is 14.4 Å². The molecule has 1 aliphatic rings. The molecule has 0 radical (unpaired) electrons. The molecule has 6 heteroatoms. The lowest BCUT2D eigenvalue weighted by Gasteiger charge is -2.26. The number of carbonyl (C=O) groups is 1. The van der Waals surface area contributed by atoms with Gasteiger partial charge in [-0.1, -0.05) is 50.3 Å². The molecule has 0 unspecified atom stereocenters. The second kappa shape index (κ2) is 6.11. The van der Waals surface area contributed by atoms with Crippen LogP contribution in [-0.2, 0) is 11.8 Å². The molecule has 0 amide bonds. The Balaban J connectivity index is 2.04. The van der Waals surface area contributed by atoms with Gasteiger partial charge in [-0.25, -0.2) is 23.9 Å². The zero-order chi connectivity index (χ0) is 17.4. The second-order valence-corrected chi connectivity index (χ2v) is 6.52. The predicted molar refractivity (Wildman–Crippen MR) is 91.2 cm³/mol. The Morgan fingerprint density at radius 1 is 1.17 bits per heavy atom. The van der Waals surface area contributed by atoms with E-state index in [1.165, 1.54) is 11.7 Å². The molecule has 2 atom stereocenters. The molecule has 1 N–H and O–H groups in total. The number of hydrogen-bond acceptors (Lipinski definition) is 3. The number of carbonyl (C=O) groups excluding carboxylic acids is 1. The molecular weight excluding hydrogens is 306 g/mol. The quantitative estimate of drug-likeness (QED) is 0.869. The third-order valence-electron chi connectivity index (χ3n) is 4.60. The van der Waals surface area contributed by atoms with Gasteiger partial charge in [-0.2, -0.15) is 0 Å². The Kier molecular flexibility index (Phi) is 4.13.